The molecule has 1 heterocycles. The average Bonchev–Trinajstić information content (AvgIpc) is 2.79. The normalized spacial score (nSPS) is 20.2. The zero-order valence-corrected chi connectivity index (χ0v) is 15.8. The Morgan fingerprint density at radius 1 is 1.20 bits per heavy atom. The number of phenolic OH excluding ortho intramolecular Hbond substituents is 1. The molecule has 0 saturated carbocycles. The maximum Gasteiger partial charge on any atom is 0.166 e. The van der Waals surface area contributed by atoms with E-state index in [2.05, 4.69) is 30.9 Å². The van der Waals surface area contributed by atoms with E-state index in [1.165, 1.54) is 25.3 Å². The van der Waals surface area contributed by atoms with Gasteiger partial charge in [-0.3, -0.25) is 0 Å². The van der Waals surface area contributed by atoms with Crippen molar-refractivity contribution in [1.82, 2.24) is 0 Å². The summed E-state index contributed by atoms with van der Waals surface area (Å²) in [5, 5.41) is 9.85. The molecular formula is C21H26FNOS. The molecule has 0 spiro atoms. The number of halogens is 1. The Balaban J connectivity index is 2.08. The Kier molecular flexibility index (Phi) is 5.57. The quantitative estimate of drug-likeness (QED) is 0.672. The Morgan fingerprint density at radius 3 is 2.64 bits per heavy atom. The summed E-state index contributed by atoms with van der Waals surface area (Å²) < 4.78 is 14.1. The second-order valence-corrected chi connectivity index (χ2v) is 7.96. The molecule has 134 valence electrons. The second-order valence-electron chi connectivity index (χ2n) is 6.94. The number of thioether (sulfide) groups is 1. The summed E-state index contributed by atoms with van der Waals surface area (Å²) in [6.07, 6.45) is 4.64. The lowest BCUT2D eigenvalue weighted by molar-refractivity contribution is 0.295. The van der Waals surface area contributed by atoms with Crippen molar-refractivity contribution in [2.24, 2.45) is 5.41 Å². The number of anilines is 2. The summed E-state index contributed by atoms with van der Waals surface area (Å²) in [7, 11) is 0. The van der Waals surface area contributed by atoms with Crippen LogP contribution in [0.5, 0.6) is 5.75 Å². The van der Waals surface area contributed by atoms with Crippen LogP contribution in [-0.2, 0) is 0 Å². The summed E-state index contributed by atoms with van der Waals surface area (Å²) in [5.74, 6) is 0.167. The Bertz CT molecular complexity index is 721. The highest BCUT2D eigenvalue weighted by Gasteiger charge is 2.35. The monoisotopic (exact) mass is 359 g/mol. The van der Waals surface area contributed by atoms with Crippen molar-refractivity contribution in [3.8, 4) is 5.75 Å². The molecule has 0 saturated heterocycles. The van der Waals surface area contributed by atoms with Crippen molar-refractivity contribution in [1.29, 1.82) is 0 Å². The number of nitrogens with zero attached hydrogens (tertiary/aromatic N) is 1. The van der Waals surface area contributed by atoms with Crippen LogP contribution in [0.15, 0.2) is 47.4 Å². The first-order valence-corrected chi connectivity index (χ1v) is 10.0. The van der Waals surface area contributed by atoms with E-state index < -0.39 is 5.82 Å². The highest BCUT2D eigenvalue weighted by atomic mass is 32.2. The van der Waals surface area contributed by atoms with Crippen LogP contribution in [0.3, 0.4) is 0 Å². The molecule has 2 nitrogen and oxygen atoms in total. The van der Waals surface area contributed by atoms with Gasteiger partial charge in [0.15, 0.2) is 11.6 Å². The van der Waals surface area contributed by atoms with Gasteiger partial charge in [-0.15, -0.1) is 11.8 Å². The predicted molar refractivity (Wildman–Crippen MR) is 104 cm³/mol. The van der Waals surface area contributed by atoms with Gasteiger partial charge in [-0.1, -0.05) is 44.9 Å². The molecule has 0 radical (unpaired) electrons. The van der Waals surface area contributed by atoms with Crippen molar-refractivity contribution >= 4 is 23.1 Å². The van der Waals surface area contributed by atoms with Crippen LogP contribution in [0, 0.1) is 11.2 Å². The maximum absolute atomic E-state index is 14.1. The van der Waals surface area contributed by atoms with Crippen LogP contribution < -0.4 is 4.90 Å². The summed E-state index contributed by atoms with van der Waals surface area (Å²) >= 11 is 1.74. The number of fused-ring (bicyclic) bond motifs is 1. The standard InChI is InChI=1S/C21H26FNOS/c1-3-5-11-21(4-2)14-23(16-9-7-6-8-10-16)18-12-17(22)19(24)13-20(18)25-15-21/h6-10,12-13,24H,3-5,11,14-15H2,1-2H3. The number of hydrogen-bond acceptors (Lipinski definition) is 3. The van der Waals surface area contributed by atoms with E-state index in [0.29, 0.717) is 0 Å². The fourth-order valence-electron chi connectivity index (χ4n) is 3.49. The Morgan fingerprint density at radius 2 is 1.96 bits per heavy atom. The van der Waals surface area contributed by atoms with E-state index in [1.54, 1.807) is 17.8 Å². The smallest absolute Gasteiger partial charge is 0.166 e. The van der Waals surface area contributed by atoms with Gasteiger partial charge in [-0.25, -0.2) is 4.39 Å². The molecule has 1 aliphatic heterocycles. The number of unbranched alkanes of at least 4 members (excludes halogenated alkanes) is 1. The molecule has 4 heteroatoms. The molecule has 0 amide bonds. The van der Waals surface area contributed by atoms with E-state index >= 15 is 0 Å². The van der Waals surface area contributed by atoms with E-state index in [-0.39, 0.29) is 11.2 Å². The third-order valence-corrected chi connectivity index (χ3v) is 6.62. The fraction of sp³-hybridized carbons (Fsp3) is 0.429. The van der Waals surface area contributed by atoms with Crippen LogP contribution in [0.4, 0.5) is 15.8 Å². The minimum absolute atomic E-state index is 0.182. The first kappa shape index (κ1) is 18.1. The highest BCUT2D eigenvalue weighted by molar-refractivity contribution is 7.99. The fourth-order valence-corrected chi connectivity index (χ4v) is 4.90. The first-order valence-electron chi connectivity index (χ1n) is 9.06. The number of aromatic hydroxyl groups is 1. The largest absolute Gasteiger partial charge is 0.505 e. The van der Waals surface area contributed by atoms with Gasteiger partial charge in [-0.05, 0) is 36.5 Å². The number of hydrogen-bond donors (Lipinski definition) is 1. The van der Waals surface area contributed by atoms with E-state index in [9.17, 15) is 9.50 Å². The summed E-state index contributed by atoms with van der Waals surface area (Å²) in [6.45, 7) is 5.36. The zero-order valence-electron chi connectivity index (χ0n) is 15.0. The van der Waals surface area contributed by atoms with Gasteiger partial charge < -0.3 is 10.0 Å². The van der Waals surface area contributed by atoms with E-state index in [0.717, 1.165) is 35.0 Å². The topological polar surface area (TPSA) is 23.5 Å². The average molecular weight is 360 g/mol. The molecular weight excluding hydrogens is 333 g/mol. The molecule has 1 aliphatic rings. The van der Waals surface area contributed by atoms with Gasteiger partial charge in [0.05, 0.1) is 5.69 Å². The summed E-state index contributed by atoms with van der Waals surface area (Å²) in [4.78, 5) is 3.19. The molecule has 1 atom stereocenters. The Hall–Kier alpha value is -1.68. The van der Waals surface area contributed by atoms with Crippen LogP contribution >= 0.6 is 11.8 Å². The first-order chi connectivity index (χ1) is 12.1. The van der Waals surface area contributed by atoms with Crippen LogP contribution in [0.1, 0.15) is 39.5 Å². The molecule has 1 unspecified atom stereocenters. The lowest BCUT2D eigenvalue weighted by Crippen LogP contribution is -2.36. The van der Waals surface area contributed by atoms with Gasteiger partial charge in [-0.2, -0.15) is 0 Å². The van der Waals surface area contributed by atoms with Gasteiger partial charge in [0.25, 0.3) is 0 Å². The van der Waals surface area contributed by atoms with Crippen LogP contribution in [0.25, 0.3) is 0 Å². The molecule has 2 aromatic rings. The second kappa shape index (κ2) is 7.69. The van der Waals surface area contributed by atoms with Crippen molar-refractivity contribution < 1.29 is 9.50 Å². The molecule has 3 rings (SSSR count). The molecule has 2 aromatic carbocycles. The van der Waals surface area contributed by atoms with E-state index in [1.807, 2.05) is 18.2 Å². The SMILES string of the molecule is CCCCC1(CC)CSc2cc(O)c(F)cc2N(c2ccccc2)C1. The van der Waals surface area contributed by atoms with E-state index in [4.69, 9.17) is 0 Å². The third kappa shape index (κ3) is 3.79. The van der Waals surface area contributed by atoms with Crippen molar-refractivity contribution in [2.75, 3.05) is 17.2 Å². The van der Waals surface area contributed by atoms with Gasteiger partial charge in [0, 0.05) is 28.9 Å². The molecule has 0 fully saturated rings. The van der Waals surface area contributed by atoms with Gasteiger partial charge >= 0.3 is 0 Å². The minimum Gasteiger partial charge on any atom is -0.505 e. The Labute approximate surface area is 154 Å². The molecule has 0 aliphatic carbocycles. The molecule has 0 aromatic heterocycles. The van der Waals surface area contributed by atoms with Crippen molar-refractivity contribution in [2.45, 2.75) is 44.4 Å². The predicted octanol–water partition coefficient (Wildman–Crippen LogP) is 6.36. The van der Waals surface area contributed by atoms with Crippen LogP contribution in [-0.4, -0.2) is 17.4 Å². The molecule has 0 bridgehead atoms. The lowest BCUT2D eigenvalue weighted by atomic mass is 9.81. The number of rotatable bonds is 5. The minimum atomic E-state index is -0.558. The summed E-state index contributed by atoms with van der Waals surface area (Å²) in [6, 6.07) is 13.2. The van der Waals surface area contributed by atoms with Gasteiger partial charge in [0.2, 0.25) is 0 Å². The molecule has 1 N–H and O–H groups in total. The zero-order chi connectivity index (χ0) is 17.9. The third-order valence-electron chi connectivity index (χ3n) is 5.23. The number of benzene rings is 2. The molecule has 25 heavy (non-hydrogen) atoms. The number of para-hydroxylation sites is 1. The number of phenols is 1. The lowest BCUT2D eigenvalue weighted by Gasteiger charge is -2.36. The maximum atomic E-state index is 14.1. The van der Waals surface area contributed by atoms with Crippen molar-refractivity contribution in [3.05, 3.63) is 48.3 Å². The van der Waals surface area contributed by atoms with Crippen molar-refractivity contribution in [3.63, 3.8) is 0 Å². The summed E-state index contributed by atoms with van der Waals surface area (Å²) in [5.41, 5.74) is 2.12. The van der Waals surface area contributed by atoms with Gasteiger partial charge in [0.1, 0.15) is 0 Å². The van der Waals surface area contributed by atoms with Crippen LogP contribution in [0.2, 0.25) is 0 Å². The highest BCUT2D eigenvalue weighted by Crippen LogP contribution is 2.47.